The van der Waals surface area contributed by atoms with Gasteiger partial charge in [0.1, 0.15) is 17.3 Å². The molecule has 0 spiro atoms. The number of benzene rings is 3. The van der Waals surface area contributed by atoms with Crippen molar-refractivity contribution < 1.29 is 4.74 Å². The van der Waals surface area contributed by atoms with Crippen LogP contribution >= 0.6 is 15.9 Å². The zero-order valence-corrected chi connectivity index (χ0v) is 18.7. The van der Waals surface area contributed by atoms with Crippen molar-refractivity contribution in [2.24, 2.45) is 0 Å². The number of halogens is 1. The molecule has 1 aliphatic heterocycles. The molecule has 2 aliphatic rings. The summed E-state index contributed by atoms with van der Waals surface area (Å²) < 4.78 is 7.20. The van der Waals surface area contributed by atoms with E-state index in [2.05, 4.69) is 76.6 Å². The Morgan fingerprint density at radius 1 is 0.750 bits per heavy atom. The smallest absolute Gasteiger partial charge is 0.137 e. The van der Waals surface area contributed by atoms with Gasteiger partial charge in [0.2, 0.25) is 0 Å². The Balaban J connectivity index is 1.51. The topological polar surface area (TPSA) is 35.0 Å². The second-order valence-electron chi connectivity index (χ2n) is 7.97. The molecule has 0 N–H and O–H groups in total. The Bertz CT molecular complexity index is 1360. The lowest BCUT2D eigenvalue weighted by Crippen LogP contribution is -2.15. The van der Waals surface area contributed by atoms with Crippen molar-refractivity contribution in [3.05, 3.63) is 125 Å². The highest BCUT2D eigenvalue weighted by Gasteiger charge is 2.38. The summed E-state index contributed by atoms with van der Waals surface area (Å²) >= 11 is 3.53. The first-order valence-electron chi connectivity index (χ1n) is 10.6. The fourth-order valence-corrected chi connectivity index (χ4v) is 4.70. The fraction of sp³-hybridized carbons (Fsp3) is 0.0714. The van der Waals surface area contributed by atoms with E-state index in [1.807, 2.05) is 42.5 Å². The Kier molecular flexibility index (Phi) is 4.73. The minimum absolute atomic E-state index is 0.00323. The van der Waals surface area contributed by atoms with Crippen LogP contribution in [0.15, 0.2) is 113 Å². The molecule has 6 rings (SSSR count). The van der Waals surface area contributed by atoms with Crippen molar-refractivity contribution in [3.8, 4) is 28.3 Å². The predicted octanol–water partition coefficient (Wildman–Crippen LogP) is 7.29. The Labute approximate surface area is 195 Å². The maximum Gasteiger partial charge on any atom is 0.137 e. The van der Waals surface area contributed by atoms with Crippen molar-refractivity contribution >= 4 is 15.9 Å². The monoisotopic (exact) mass is 478 g/mol. The van der Waals surface area contributed by atoms with E-state index in [1.54, 1.807) is 0 Å². The highest BCUT2D eigenvalue weighted by Crippen LogP contribution is 2.50. The first-order chi connectivity index (χ1) is 15.8. The van der Waals surface area contributed by atoms with Gasteiger partial charge >= 0.3 is 0 Å². The van der Waals surface area contributed by atoms with Crippen molar-refractivity contribution in [1.82, 2.24) is 9.97 Å². The van der Waals surface area contributed by atoms with Crippen LogP contribution in [0.2, 0.25) is 0 Å². The van der Waals surface area contributed by atoms with Gasteiger partial charge < -0.3 is 4.74 Å². The third-order valence-electron chi connectivity index (χ3n) is 5.98. The molecule has 4 heteroatoms. The zero-order chi connectivity index (χ0) is 21.5. The van der Waals surface area contributed by atoms with Crippen LogP contribution < -0.4 is 4.74 Å². The standard InChI is InChI=1S/C28H19BrN2O/c29-20-15-13-19(14-16-20)24-17-23(18-7-2-1-3-8-18)30-28(31-24)22-10-6-12-26-27(22)21-9-4-5-11-25(21)32-26/h1-17,22,27H. The van der Waals surface area contributed by atoms with Crippen LogP contribution in [0, 0.1) is 0 Å². The maximum atomic E-state index is 6.15. The molecule has 0 saturated heterocycles. The lowest BCUT2D eigenvalue weighted by atomic mass is 9.82. The third-order valence-corrected chi connectivity index (χ3v) is 6.51. The molecule has 2 atom stereocenters. The number of hydrogen-bond donors (Lipinski definition) is 0. The molecular weight excluding hydrogens is 460 g/mol. The average Bonchev–Trinajstić information content (AvgIpc) is 3.24. The maximum absolute atomic E-state index is 6.15. The van der Waals surface area contributed by atoms with Gasteiger partial charge in [0.15, 0.2) is 0 Å². The van der Waals surface area contributed by atoms with Crippen LogP contribution in [0.5, 0.6) is 5.75 Å². The van der Waals surface area contributed by atoms with Crippen molar-refractivity contribution in [2.75, 3.05) is 0 Å². The number of rotatable bonds is 3. The molecule has 4 aromatic rings. The van der Waals surface area contributed by atoms with Crippen LogP contribution in [-0.4, -0.2) is 9.97 Å². The molecule has 0 amide bonds. The number of ether oxygens (including phenoxy) is 1. The molecule has 0 saturated carbocycles. The van der Waals surface area contributed by atoms with E-state index in [0.29, 0.717) is 0 Å². The number of allylic oxidation sites excluding steroid dienone is 4. The normalized spacial score (nSPS) is 18.5. The van der Waals surface area contributed by atoms with Crippen molar-refractivity contribution in [1.29, 1.82) is 0 Å². The Morgan fingerprint density at radius 2 is 1.44 bits per heavy atom. The summed E-state index contributed by atoms with van der Waals surface area (Å²) in [6.45, 7) is 0. The summed E-state index contributed by atoms with van der Waals surface area (Å²) in [4.78, 5) is 10.1. The molecule has 0 bridgehead atoms. The molecule has 2 heterocycles. The van der Waals surface area contributed by atoms with Gasteiger partial charge in [-0.15, -0.1) is 0 Å². The molecule has 0 radical (unpaired) electrons. The highest BCUT2D eigenvalue weighted by molar-refractivity contribution is 9.10. The number of aromatic nitrogens is 2. The van der Waals surface area contributed by atoms with E-state index < -0.39 is 0 Å². The molecule has 32 heavy (non-hydrogen) atoms. The van der Waals surface area contributed by atoms with E-state index in [1.165, 1.54) is 5.56 Å². The highest BCUT2D eigenvalue weighted by atomic mass is 79.9. The minimum Gasteiger partial charge on any atom is -0.461 e. The number of para-hydroxylation sites is 1. The van der Waals surface area contributed by atoms with Crippen molar-refractivity contribution in [2.45, 2.75) is 11.8 Å². The van der Waals surface area contributed by atoms with Crippen LogP contribution in [0.4, 0.5) is 0 Å². The van der Waals surface area contributed by atoms with Gasteiger partial charge in [0.25, 0.3) is 0 Å². The summed E-state index contributed by atoms with van der Waals surface area (Å²) in [5, 5.41) is 0. The van der Waals surface area contributed by atoms with Crippen LogP contribution in [0.1, 0.15) is 23.2 Å². The Hall–Kier alpha value is -3.50. The van der Waals surface area contributed by atoms with E-state index in [9.17, 15) is 0 Å². The fourth-order valence-electron chi connectivity index (χ4n) is 4.44. The largest absolute Gasteiger partial charge is 0.461 e. The number of fused-ring (bicyclic) bond motifs is 3. The summed E-state index contributed by atoms with van der Waals surface area (Å²) in [5.41, 5.74) is 5.16. The Morgan fingerprint density at radius 3 is 2.22 bits per heavy atom. The summed E-state index contributed by atoms with van der Waals surface area (Å²) in [6.07, 6.45) is 6.30. The average molecular weight is 479 g/mol. The van der Waals surface area contributed by atoms with Gasteiger partial charge in [0.05, 0.1) is 23.2 Å². The summed E-state index contributed by atoms with van der Waals surface area (Å²) in [5.74, 6) is 2.76. The van der Waals surface area contributed by atoms with Crippen LogP contribution in [-0.2, 0) is 0 Å². The SMILES string of the molecule is Brc1ccc(-c2cc(-c3ccccc3)nc(C3C=CC=C4Oc5ccccc5C43)n2)cc1. The molecule has 1 aromatic heterocycles. The van der Waals surface area contributed by atoms with Gasteiger partial charge in [0, 0.05) is 21.2 Å². The first-order valence-corrected chi connectivity index (χ1v) is 11.4. The predicted molar refractivity (Wildman–Crippen MR) is 130 cm³/mol. The molecule has 0 fully saturated rings. The third kappa shape index (κ3) is 3.37. The number of nitrogens with zero attached hydrogens (tertiary/aromatic N) is 2. The second-order valence-corrected chi connectivity index (χ2v) is 8.88. The van der Waals surface area contributed by atoms with Gasteiger partial charge in [-0.25, -0.2) is 9.97 Å². The second kappa shape index (κ2) is 7.88. The van der Waals surface area contributed by atoms with E-state index in [0.717, 1.165) is 44.3 Å². The molecule has 3 nitrogen and oxygen atoms in total. The van der Waals surface area contributed by atoms with Crippen molar-refractivity contribution in [3.63, 3.8) is 0 Å². The molecule has 1 aliphatic carbocycles. The van der Waals surface area contributed by atoms with Gasteiger partial charge in [-0.1, -0.05) is 88.7 Å². The van der Waals surface area contributed by atoms with Gasteiger partial charge in [-0.05, 0) is 30.3 Å². The minimum atomic E-state index is -0.00323. The quantitative estimate of drug-likeness (QED) is 0.310. The molecular formula is C28H19BrN2O. The van der Waals surface area contributed by atoms with Gasteiger partial charge in [-0.2, -0.15) is 0 Å². The zero-order valence-electron chi connectivity index (χ0n) is 17.2. The lowest BCUT2D eigenvalue weighted by Gasteiger charge is -2.23. The number of hydrogen-bond acceptors (Lipinski definition) is 3. The summed E-state index contributed by atoms with van der Waals surface area (Å²) in [7, 11) is 0. The lowest BCUT2D eigenvalue weighted by molar-refractivity contribution is 0.414. The van der Waals surface area contributed by atoms with E-state index in [4.69, 9.17) is 14.7 Å². The van der Waals surface area contributed by atoms with E-state index in [-0.39, 0.29) is 11.8 Å². The first kappa shape index (κ1) is 19.2. The van der Waals surface area contributed by atoms with Gasteiger partial charge in [-0.3, -0.25) is 0 Å². The van der Waals surface area contributed by atoms with Crippen LogP contribution in [0.3, 0.4) is 0 Å². The van der Waals surface area contributed by atoms with E-state index >= 15 is 0 Å². The molecule has 3 aromatic carbocycles. The van der Waals surface area contributed by atoms with Crippen LogP contribution in [0.25, 0.3) is 22.5 Å². The molecule has 2 unspecified atom stereocenters. The molecule has 154 valence electrons. The summed E-state index contributed by atoms with van der Waals surface area (Å²) in [6, 6.07) is 28.9.